The molecule has 0 radical (unpaired) electrons. The van der Waals surface area contributed by atoms with Crippen LogP contribution in [0.25, 0.3) is 0 Å². The molecule has 2 aromatic carbocycles. The third-order valence-electron chi connectivity index (χ3n) is 3.23. The number of hydrogen-bond donors (Lipinski definition) is 4. The number of nitrogens with zero attached hydrogens (tertiary/aromatic N) is 2. The molecule has 0 aliphatic carbocycles. The monoisotopic (exact) mass is 398 g/mol. The Kier molecular flexibility index (Phi) is 6.02. The van der Waals surface area contributed by atoms with Gasteiger partial charge in [0, 0.05) is 11.1 Å². The molecule has 0 unspecified atom stereocenters. The van der Waals surface area contributed by atoms with Gasteiger partial charge in [-0.05, 0) is 36.5 Å². The van der Waals surface area contributed by atoms with Crippen LogP contribution in [0.4, 0.5) is 10.3 Å². The summed E-state index contributed by atoms with van der Waals surface area (Å²) >= 11 is 6.16. The van der Waals surface area contributed by atoms with Gasteiger partial charge in [-0.2, -0.15) is 0 Å². The molecule has 0 aliphatic rings. The lowest BCUT2D eigenvalue weighted by molar-refractivity contribution is 0.0975. The fourth-order valence-electron chi connectivity index (χ4n) is 1.99. The van der Waals surface area contributed by atoms with E-state index in [1.807, 2.05) is 12.1 Å². The van der Waals surface area contributed by atoms with Crippen LogP contribution in [0, 0.1) is 0 Å². The number of benzene rings is 2. The first-order valence-corrected chi connectivity index (χ1v) is 8.96. The number of rotatable bonds is 5. The van der Waals surface area contributed by atoms with Gasteiger partial charge in [0.2, 0.25) is 10.3 Å². The number of carbonyl (C=O) groups excluding carboxylic acids is 2. The van der Waals surface area contributed by atoms with Gasteiger partial charge in [0.15, 0.2) is 5.11 Å². The van der Waals surface area contributed by atoms with E-state index in [-0.39, 0.29) is 16.9 Å². The summed E-state index contributed by atoms with van der Waals surface area (Å²) in [6.07, 6.45) is 0. The number of nitrogens with one attached hydrogen (secondary N) is 4. The van der Waals surface area contributed by atoms with Crippen molar-refractivity contribution in [2.75, 3.05) is 10.7 Å². The van der Waals surface area contributed by atoms with Crippen LogP contribution in [0.15, 0.2) is 60.7 Å². The SMILES string of the molecule is O=C(NC(=S)NNc1nnc(NC(=O)c2ccccc2)s1)c1ccccc1. The number of hydrazine groups is 1. The molecule has 1 heterocycles. The summed E-state index contributed by atoms with van der Waals surface area (Å²) in [4.78, 5) is 24.1. The number of anilines is 2. The zero-order chi connectivity index (χ0) is 19.1. The van der Waals surface area contributed by atoms with E-state index in [2.05, 4.69) is 31.7 Å². The molecule has 3 aromatic rings. The van der Waals surface area contributed by atoms with E-state index in [4.69, 9.17) is 12.2 Å². The van der Waals surface area contributed by atoms with E-state index in [1.54, 1.807) is 48.5 Å². The van der Waals surface area contributed by atoms with Crippen molar-refractivity contribution < 1.29 is 9.59 Å². The molecule has 0 fully saturated rings. The van der Waals surface area contributed by atoms with Crippen LogP contribution in [-0.2, 0) is 0 Å². The van der Waals surface area contributed by atoms with Gasteiger partial charge in [0.1, 0.15) is 0 Å². The van der Waals surface area contributed by atoms with Gasteiger partial charge in [0.05, 0.1) is 0 Å². The Balaban J connectivity index is 1.48. The molecule has 0 bridgehead atoms. The lowest BCUT2D eigenvalue weighted by Crippen LogP contribution is -2.41. The standard InChI is InChI=1S/C17H14N6O2S2/c24-13(11-7-3-1-4-8-11)18-15(26)20-22-17-23-21-16(27-17)19-14(25)12-9-5-2-6-10-12/h1-10H,(H,22,23)(H,19,21,25)(H2,18,20,24,26). The highest BCUT2D eigenvalue weighted by molar-refractivity contribution is 7.80. The van der Waals surface area contributed by atoms with E-state index in [0.717, 1.165) is 11.3 Å². The second-order valence-corrected chi connectivity index (χ2v) is 6.52. The Morgan fingerprint density at radius 3 is 2.00 bits per heavy atom. The second kappa shape index (κ2) is 8.83. The maximum Gasteiger partial charge on any atom is 0.257 e. The van der Waals surface area contributed by atoms with E-state index < -0.39 is 0 Å². The van der Waals surface area contributed by atoms with Crippen molar-refractivity contribution in [2.24, 2.45) is 0 Å². The fourth-order valence-corrected chi connectivity index (χ4v) is 2.73. The number of carbonyl (C=O) groups is 2. The van der Waals surface area contributed by atoms with Crippen molar-refractivity contribution in [3.05, 3.63) is 71.8 Å². The van der Waals surface area contributed by atoms with E-state index in [1.165, 1.54) is 0 Å². The first-order valence-electron chi connectivity index (χ1n) is 7.74. The van der Waals surface area contributed by atoms with E-state index >= 15 is 0 Å². The molecule has 0 saturated carbocycles. The molecule has 10 heteroatoms. The predicted octanol–water partition coefficient (Wildman–Crippen LogP) is 2.42. The quantitative estimate of drug-likeness (QED) is 0.386. The molecule has 27 heavy (non-hydrogen) atoms. The molecule has 2 amide bonds. The Hall–Kier alpha value is -3.37. The van der Waals surface area contributed by atoms with Crippen LogP contribution in [0.1, 0.15) is 20.7 Å². The lowest BCUT2D eigenvalue weighted by Gasteiger charge is -2.09. The summed E-state index contributed by atoms with van der Waals surface area (Å²) in [5.74, 6) is -0.611. The molecule has 8 nitrogen and oxygen atoms in total. The molecule has 1 aromatic heterocycles. The lowest BCUT2D eigenvalue weighted by atomic mass is 10.2. The Morgan fingerprint density at radius 2 is 1.37 bits per heavy atom. The minimum atomic E-state index is -0.331. The number of hydrogen-bond acceptors (Lipinski definition) is 7. The fraction of sp³-hybridized carbons (Fsp3) is 0. The van der Waals surface area contributed by atoms with Gasteiger partial charge in [-0.25, -0.2) is 0 Å². The molecule has 0 spiro atoms. The largest absolute Gasteiger partial charge is 0.298 e. The Labute approximate surface area is 164 Å². The third kappa shape index (κ3) is 5.30. The van der Waals surface area contributed by atoms with Crippen molar-refractivity contribution in [3.8, 4) is 0 Å². The predicted molar refractivity (Wildman–Crippen MR) is 108 cm³/mol. The molecule has 0 saturated heterocycles. The van der Waals surface area contributed by atoms with Gasteiger partial charge in [-0.1, -0.05) is 47.7 Å². The van der Waals surface area contributed by atoms with Crippen molar-refractivity contribution >= 4 is 50.7 Å². The normalized spacial score (nSPS) is 9.93. The van der Waals surface area contributed by atoms with Crippen LogP contribution >= 0.6 is 23.6 Å². The maximum absolute atomic E-state index is 12.1. The topological polar surface area (TPSA) is 108 Å². The molecular formula is C17H14N6O2S2. The summed E-state index contributed by atoms with van der Waals surface area (Å²) in [5, 5.41) is 13.7. The van der Waals surface area contributed by atoms with Gasteiger partial charge in [0.25, 0.3) is 11.8 Å². The van der Waals surface area contributed by atoms with E-state index in [0.29, 0.717) is 21.4 Å². The van der Waals surface area contributed by atoms with Gasteiger partial charge >= 0.3 is 0 Å². The number of thiocarbonyl (C=S) groups is 1. The number of amides is 2. The molecule has 3 rings (SSSR count). The van der Waals surface area contributed by atoms with Crippen molar-refractivity contribution in [1.82, 2.24) is 20.9 Å². The van der Waals surface area contributed by atoms with Crippen LogP contribution in [0.3, 0.4) is 0 Å². The highest BCUT2D eigenvalue weighted by Crippen LogP contribution is 2.19. The van der Waals surface area contributed by atoms with Gasteiger partial charge < -0.3 is 0 Å². The molecule has 0 aliphatic heterocycles. The first kappa shape index (κ1) is 18.4. The molecule has 4 N–H and O–H groups in total. The van der Waals surface area contributed by atoms with Crippen LogP contribution in [0.5, 0.6) is 0 Å². The highest BCUT2D eigenvalue weighted by atomic mass is 32.1. The zero-order valence-electron chi connectivity index (χ0n) is 13.8. The number of aromatic nitrogens is 2. The second-order valence-electron chi connectivity index (χ2n) is 5.13. The summed E-state index contributed by atoms with van der Waals surface area (Å²) in [7, 11) is 0. The van der Waals surface area contributed by atoms with Crippen molar-refractivity contribution in [2.45, 2.75) is 0 Å². The molecule has 136 valence electrons. The summed E-state index contributed by atoms with van der Waals surface area (Å²) in [6.45, 7) is 0. The van der Waals surface area contributed by atoms with Crippen molar-refractivity contribution in [1.29, 1.82) is 0 Å². The van der Waals surface area contributed by atoms with Crippen LogP contribution in [-0.4, -0.2) is 27.1 Å². The zero-order valence-corrected chi connectivity index (χ0v) is 15.4. The summed E-state index contributed by atoms with van der Waals surface area (Å²) in [6, 6.07) is 17.5. The minimum absolute atomic E-state index is 0.0777. The van der Waals surface area contributed by atoms with E-state index in [9.17, 15) is 9.59 Å². The first-order chi connectivity index (χ1) is 13.1. The van der Waals surface area contributed by atoms with Crippen molar-refractivity contribution in [3.63, 3.8) is 0 Å². The van der Waals surface area contributed by atoms with Crippen LogP contribution in [0.2, 0.25) is 0 Å². The molecular weight excluding hydrogens is 384 g/mol. The third-order valence-corrected chi connectivity index (χ3v) is 4.19. The van der Waals surface area contributed by atoms with Crippen LogP contribution < -0.4 is 21.5 Å². The average Bonchev–Trinajstić information content (AvgIpc) is 3.15. The minimum Gasteiger partial charge on any atom is -0.298 e. The summed E-state index contributed by atoms with van der Waals surface area (Å²) in [5.41, 5.74) is 6.37. The maximum atomic E-state index is 12.1. The van der Waals surface area contributed by atoms with Gasteiger partial charge in [-0.3, -0.25) is 31.1 Å². The summed E-state index contributed by atoms with van der Waals surface area (Å²) < 4.78 is 0. The highest BCUT2D eigenvalue weighted by Gasteiger charge is 2.11. The average molecular weight is 398 g/mol. The Bertz CT molecular complexity index is 946. The Morgan fingerprint density at radius 1 is 0.815 bits per heavy atom. The van der Waals surface area contributed by atoms with Gasteiger partial charge in [-0.15, -0.1) is 10.2 Å². The smallest absolute Gasteiger partial charge is 0.257 e. The molecule has 0 atom stereocenters.